The highest BCUT2D eigenvalue weighted by molar-refractivity contribution is 6.46. The summed E-state index contributed by atoms with van der Waals surface area (Å²) in [4.78, 5) is 30.8. The van der Waals surface area contributed by atoms with E-state index in [1.807, 2.05) is 24.3 Å². The Morgan fingerprint density at radius 2 is 1.51 bits per heavy atom. The number of Topliss-reactive ketones (excluding diaryl/α,β-unsaturated/α-hetero) is 1. The lowest BCUT2D eigenvalue weighted by molar-refractivity contribution is -0.140. The van der Waals surface area contributed by atoms with Crippen LogP contribution in [-0.4, -0.2) is 94.4 Å². The zero-order valence-corrected chi connectivity index (χ0v) is 23.6. The Balaban J connectivity index is 1.63. The molecule has 1 amide bonds. The number of morpholine rings is 1. The quantitative estimate of drug-likeness (QED) is 0.238. The fraction of sp³-hybridized carbons (Fsp3) is 0.355. The Bertz CT molecular complexity index is 1470. The number of aliphatic hydroxyl groups excluding tert-OH is 1. The van der Waals surface area contributed by atoms with Gasteiger partial charge in [-0.15, -0.1) is 0 Å². The maximum Gasteiger partial charge on any atom is 0.295 e. The zero-order chi connectivity index (χ0) is 29.1. The molecule has 0 radical (unpaired) electrons. The van der Waals surface area contributed by atoms with Gasteiger partial charge in [0.05, 0.1) is 53.3 Å². The second kappa shape index (κ2) is 12.1. The van der Waals surface area contributed by atoms with E-state index in [0.717, 1.165) is 23.9 Å². The molecule has 216 valence electrons. The summed E-state index contributed by atoms with van der Waals surface area (Å²) in [6.07, 6.45) is 0. The minimum absolute atomic E-state index is 0.000822. The summed E-state index contributed by atoms with van der Waals surface area (Å²) < 4.78 is 27.4. The van der Waals surface area contributed by atoms with Crippen LogP contribution in [-0.2, 0) is 14.3 Å². The van der Waals surface area contributed by atoms with Gasteiger partial charge in [-0.25, -0.2) is 0 Å². The van der Waals surface area contributed by atoms with Crippen LogP contribution < -0.4 is 18.9 Å². The van der Waals surface area contributed by atoms with Gasteiger partial charge < -0.3 is 33.7 Å². The molecular weight excluding hydrogens is 528 g/mol. The lowest BCUT2D eigenvalue weighted by Crippen LogP contribution is -2.42. The molecule has 1 atom stereocenters. The van der Waals surface area contributed by atoms with Crippen molar-refractivity contribution < 1.29 is 38.4 Å². The number of ether oxygens (including phenoxy) is 5. The lowest BCUT2D eigenvalue weighted by atomic mass is 9.94. The smallest absolute Gasteiger partial charge is 0.295 e. The van der Waals surface area contributed by atoms with Crippen molar-refractivity contribution in [3.8, 4) is 23.0 Å². The molecule has 3 aromatic rings. The average molecular weight is 563 g/mol. The molecule has 2 fully saturated rings. The Labute approximate surface area is 238 Å². The van der Waals surface area contributed by atoms with E-state index in [1.54, 1.807) is 31.4 Å². The van der Waals surface area contributed by atoms with Crippen LogP contribution in [0.15, 0.2) is 54.1 Å². The number of aliphatic hydroxyl groups is 1. The summed E-state index contributed by atoms with van der Waals surface area (Å²) >= 11 is 0. The van der Waals surface area contributed by atoms with Crippen LogP contribution >= 0.6 is 0 Å². The third-order valence-electron chi connectivity index (χ3n) is 7.62. The van der Waals surface area contributed by atoms with Gasteiger partial charge in [-0.2, -0.15) is 0 Å². The summed E-state index contributed by atoms with van der Waals surface area (Å²) in [5.74, 6) is 0.160. The summed E-state index contributed by atoms with van der Waals surface area (Å²) in [7, 11) is 6.10. The van der Waals surface area contributed by atoms with Crippen LogP contribution in [0.1, 0.15) is 17.2 Å². The first kappa shape index (κ1) is 28.3. The average Bonchev–Trinajstić information content (AvgIpc) is 3.27. The first-order valence-corrected chi connectivity index (χ1v) is 13.4. The number of carbonyl (C=O) groups excluding carboxylic acids is 2. The normalized spacial score (nSPS) is 19.0. The fourth-order valence-corrected chi connectivity index (χ4v) is 5.44. The molecule has 10 nitrogen and oxygen atoms in total. The van der Waals surface area contributed by atoms with Gasteiger partial charge in [0.25, 0.3) is 11.7 Å². The van der Waals surface area contributed by atoms with E-state index >= 15 is 0 Å². The van der Waals surface area contributed by atoms with Crippen LogP contribution in [0.25, 0.3) is 16.5 Å². The van der Waals surface area contributed by atoms with Gasteiger partial charge in [-0.1, -0.05) is 18.2 Å². The van der Waals surface area contributed by atoms with E-state index < -0.39 is 17.7 Å². The summed E-state index contributed by atoms with van der Waals surface area (Å²) in [5.41, 5.74) is 0.971. The predicted octanol–water partition coefficient (Wildman–Crippen LogP) is 3.63. The molecule has 2 aliphatic heterocycles. The van der Waals surface area contributed by atoms with Gasteiger partial charge in [0.1, 0.15) is 11.5 Å². The van der Waals surface area contributed by atoms with Crippen molar-refractivity contribution in [2.24, 2.45) is 0 Å². The Kier molecular flexibility index (Phi) is 8.32. The minimum atomic E-state index is -0.878. The molecule has 1 unspecified atom stereocenters. The lowest BCUT2D eigenvalue weighted by Gasteiger charge is -2.31. The molecule has 0 aliphatic carbocycles. The number of methoxy groups -OCH3 is 4. The van der Waals surface area contributed by atoms with E-state index in [9.17, 15) is 14.7 Å². The molecule has 3 aromatic carbocycles. The van der Waals surface area contributed by atoms with E-state index in [1.165, 1.54) is 26.2 Å². The summed E-state index contributed by atoms with van der Waals surface area (Å²) in [5, 5.41) is 13.4. The van der Waals surface area contributed by atoms with Crippen LogP contribution in [0.5, 0.6) is 23.0 Å². The first-order chi connectivity index (χ1) is 19.9. The SMILES string of the molecule is COc1ccc2cc(/C(O)=C3\C(=O)C(=O)N(CCN4CCOCC4)C3c3cc(OC)c(OC)c(OC)c3)ccc2c1. The number of fused-ring (bicyclic) bond motifs is 1. The van der Waals surface area contributed by atoms with Gasteiger partial charge in [0, 0.05) is 31.7 Å². The maximum absolute atomic E-state index is 13.6. The van der Waals surface area contributed by atoms with E-state index in [-0.39, 0.29) is 17.9 Å². The molecule has 41 heavy (non-hydrogen) atoms. The first-order valence-electron chi connectivity index (χ1n) is 13.4. The molecule has 2 saturated heterocycles. The summed E-state index contributed by atoms with van der Waals surface area (Å²) in [6.45, 7) is 3.53. The largest absolute Gasteiger partial charge is 0.507 e. The molecule has 10 heteroatoms. The number of likely N-dealkylation sites (tertiary alicyclic amines) is 1. The van der Waals surface area contributed by atoms with Crippen molar-refractivity contribution in [2.75, 3.05) is 67.8 Å². The third-order valence-corrected chi connectivity index (χ3v) is 7.62. The second-order valence-corrected chi connectivity index (χ2v) is 9.83. The highest BCUT2D eigenvalue weighted by Crippen LogP contribution is 2.45. The minimum Gasteiger partial charge on any atom is -0.507 e. The van der Waals surface area contributed by atoms with Gasteiger partial charge >= 0.3 is 0 Å². The van der Waals surface area contributed by atoms with Crippen LogP contribution in [0.4, 0.5) is 0 Å². The number of ketones is 1. The third kappa shape index (κ3) is 5.40. The standard InChI is InChI=1S/C31H34N2O8/c1-37-23-8-7-19-15-21(6-5-20(19)16-23)28(34)26-27(22-17-24(38-2)30(40-4)25(18-22)39-3)33(31(36)29(26)35)10-9-32-11-13-41-14-12-32/h5-8,15-18,27,34H,9-14H2,1-4H3/b28-26+. The van der Waals surface area contributed by atoms with Gasteiger partial charge in [-0.3, -0.25) is 14.5 Å². The van der Waals surface area contributed by atoms with Crippen LogP contribution in [0.3, 0.4) is 0 Å². The molecule has 0 bridgehead atoms. The van der Waals surface area contributed by atoms with Crippen molar-refractivity contribution in [3.63, 3.8) is 0 Å². The molecule has 0 spiro atoms. The Morgan fingerprint density at radius 3 is 2.15 bits per heavy atom. The molecular formula is C31H34N2O8. The molecule has 1 N–H and O–H groups in total. The second-order valence-electron chi connectivity index (χ2n) is 9.83. The van der Waals surface area contributed by atoms with Crippen molar-refractivity contribution >= 4 is 28.2 Å². The number of hydrogen-bond donors (Lipinski definition) is 1. The van der Waals surface area contributed by atoms with Crippen molar-refractivity contribution in [1.82, 2.24) is 9.80 Å². The van der Waals surface area contributed by atoms with Crippen molar-refractivity contribution in [3.05, 3.63) is 65.2 Å². The van der Waals surface area contributed by atoms with Gasteiger partial charge in [-0.05, 0) is 46.7 Å². The predicted molar refractivity (Wildman–Crippen MR) is 153 cm³/mol. The van der Waals surface area contributed by atoms with Gasteiger partial charge in [0.2, 0.25) is 5.75 Å². The molecule has 0 saturated carbocycles. The topological polar surface area (TPSA) is 107 Å². The van der Waals surface area contributed by atoms with E-state index in [2.05, 4.69) is 4.90 Å². The monoisotopic (exact) mass is 562 g/mol. The maximum atomic E-state index is 13.6. The number of carbonyl (C=O) groups is 2. The summed E-state index contributed by atoms with van der Waals surface area (Å²) in [6, 6.07) is 13.5. The van der Waals surface area contributed by atoms with E-state index in [0.29, 0.717) is 53.9 Å². The molecule has 2 heterocycles. The highest BCUT2D eigenvalue weighted by atomic mass is 16.5. The Hall–Kier alpha value is -4.28. The molecule has 0 aromatic heterocycles. The van der Waals surface area contributed by atoms with Crippen LogP contribution in [0.2, 0.25) is 0 Å². The molecule has 5 rings (SSSR count). The van der Waals surface area contributed by atoms with Crippen molar-refractivity contribution in [2.45, 2.75) is 6.04 Å². The Morgan fingerprint density at radius 1 is 0.854 bits per heavy atom. The fourth-order valence-electron chi connectivity index (χ4n) is 5.44. The van der Waals surface area contributed by atoms with Gasteiger partial charge in [0.15, 0.2) is 11.5 Å². The molecule has 2 aliphatic rings. The van der Waals surface area contributed by atoms with Crippen LogP contribution in [0, 0.1) is 0 Å². The van der Waals surface area contributed by atoms with Crippen molar-refractivity contribution in [1.29, 1.82) is 0 Å². The number of benzene rings is 3. The van der Waals surface area contributed by atoms with E-state index in [4.69, 9.17) is 23.7 Å². The number of rotatable bonds is 9. The number of nitrogens with zero attached hydrogens (tertiary/aromatic N) is 2. The zero-order valence-electron chi connectivity index (χ0n) is 23.6. The highest BCUT2D eigenvalue weighted by Gasteiger charge is 2.46. The number of amides is 1. The number of hydrogen-bond acceptors (Lipinski definition) is 9.